The molecule has 0 saturated carbocycles. The van der Waals surface area contributed by atoms with Crippen molar-refractivity contribution in [2.24, 2.45) is 7.05 Å². The highest BCUT2D eigenvalue weighted by atomic mass is 16.5. The molecule has 184 valence electrons. The Morgan fingerprint density at radius 2 is 1.92 bits per heavy atom. The van der Waals surface area contributed by atoms with Crippen LogP contribution in [0, 0.1) is 6.92 Å². The molecule has 5 aromatic rings. The van der Waals surface area contributed by atoms with Crippen molar-refractivity contribution in [3.05, 3.63) is 70.7 Å². The number of ether oxygens (including phenoxy) is 3. The van der Waals surface area contributed by atoms with Gasteiger partial charge in [0.05, 0.1) is 30.9 Å². The number of hydrogen-bond donors (Lipinski definition) is 1. The van der Waals surface area contributed by atoms with Gasteiger partial charge in [0.25, 0.3) is 0 Å². The van der Waals surface area contributed by atoms with E-state index in [0.29, 0.717) is 48.6 Å². The zero-order valence-corrected chi connectivity index (χ0v) is 20.5. The van der Waals surface area contributed by atoms with E-state index in [4.69, 9.17) is 24.3 Å². The smallest absolute Gasteiger partial charge is 0.244 e. The summed E-state index contributed by atoms with van der Waals surface area (Å²) in [6, 6.07) is 5.92. The van der Waals surface area contributed by atoms with Crippen LogP contribution in [-0.4, -0.2) is 52.8 Å². The fourth-order valence-electron chi connectivity index (χ4n) is 4.69. The number of nitrogens with zero attached hydrogens (tertiary/aromatic N) is 7. The average Bonchev–Trinajstić information content (AvgIpc) is 3.58. The van der Waals surface area contributed by atoms with Gasteiger partial charge in [-0.15, -0.1) is 10.2 Å². The molecule has 1 aliphatic heterocycles. The predicted octanol–water partition coefficient (Wildman–Crippen LogP) is 3.56. The summed E-state index contributed by atoms with van der Waals surface area (Å²) in [7, 11) is 1.90. The van der Waals surface area contributed by atoms with Gasteiger partial charge in [0, 0.05) is 36.5 Å². The van der Waals surface area contributed by atoms with Crippen LogP contribution in [-0.2, 0) is 13.5 Å². The highest BCUT2D eigenvalue weighted by molar-refractivity contribution is 5.65. The first-order chi connectivity index (χ1) is 17.6. The maximum Gasteiger partial charge on any atom is 0.244 e. The van der Waals surface area contributed by atoms with Gasteiger partial charge in [0.15, 0.2) is 23.0 Å². The lowest BCUT2D eigenvalue weighted by Gasteiger charge is -2.24. The number of hydrogen-bond acceptors (Lipinski definition) is 8. The molecule has 1 N–H and O–H groups in total. The topological polar surface area (TPSA) is 117 Å². The predicted molar refractivity (Wildman–Crippen MR) is 130 cm³/mol. The van der Waals surface area contributed by atoms with Crippen molar-refractivity contribution >= 4 is 5.65 Å². The summed E-state index contributed by atoms with van der Waals surface area (Å²) < 4.78 is 21.1. The lowest BCUT2D eigenvalue weighted by Crippen LogP contribution is -2.14. The van der Waals surface area contributed by atoms with Crippen LogP contribution in [0.3, 0.4) is 0 Å². The molecule has 36 heavy (non-hydrogen) atoms. The summed E-state index contributed by atoms with van der Waals surface area (Å²) in [5.41, 5.74) is 5.41. The molecule has 11 heteroatoms. The number of aromatic amines is 1. The minimum atomic E-state index is -0.195. The molecule has 5 heterocycles. The monoisotopic (exact) mass is 486 g/mol. The van der Waals surface area contributed by atoms with E-state index in [1.807, 2.05) is 58.4 Å². The van der Waals surface area contributed by atoms with E-state index in [9.17, 15) is 0 Å². The molecule has 0 spiro atoms. The SMILES string of the molecule is CCOc1ccc(Cc2nc3c4c(ncn3n2)Oc2n[nH]c(C)c2[C@@H]4c2cnn(C)c2)cc1OCC. The Labute approximate surface area is 207 Å². The molecule has 0 saturated heterocycles. The largest absolute Gasteiger partial charge is 0.490 e. The maximum atomic E-state index is 6.08. The van der Waals surface area contributed by atoms with Crippen LogP contribution in [0.2, 0.25) is 0 Å². The van der Waals surface area contributed by atoms with Gasteiger partial charge >= 0.3 is 0 Å². The molecule has 0 amide bonds. The molecule has 0 unspecified atom stereocenters. The molecular formula is C25H26N8O3. The summed E-state index contributed by atoms with van der Waals surface area (Å²) in [4.78, 5) is 9.48. The summed E-state index contributed by atoms with van der Waals surface area (Å²) in [6.45, 7) is 7.02. The van der Waals surface area contributed by atoms with E-state index in [0.717, 1.165) is 33.7 Å². The Hall–Kier alpha value is -4.41. The number of H-pyrrole nitrogens is 1. The Balaban J connectivity index is 1.43. The van der Waals surface area contributed by atoms with Crippen LogP contribution in [0.15, 0.2) is 36.9 Å². The molecule has 0 fully saturated rings. The van der Waals surface area contributed by atoms with Crippen LogP contribution in [0.25, 0.3) is 5.65 Å². The van der Waals surface area contributed by atoms with Gasteiger partial charge < -0.3 is 14.2 Å². The third kappa shape index (κ3) is 3.63. The van der Waals surface area contributed by atoms with Gasteiger partial charge in [0.2, 0.25) is 11.8 Å². The van der Waals surface area contributed by atoms with Gasteiger partial charge in [-0.05, 0) is 38.5 Å². The number of nitrogens with one attached hydrogen (secondary N) is 1. The van der Waals surface area contributed by atoms with Crippen LogP contribution in [0.4, 0.5) is 0 Å². The summed E-state index contributed by atoms with van der Waals surface area (Å²) in [5, 5.41) is 16.5. The lowest BCUT2D eigenvalue weighted by molar-refractivity contribution is 0.287. The van der Waals surface area contributed by atoms with Crippen molar-refractivity contribution < 1.29 is 14.2 Å². The second kappa shape index (κ2) is 8.67. The lowest BCUT2D eigenvalue weighted by atomic mass is 9.86. The third-order valence-corrected chi connectivity index (χ3v) is 6.19. The van der Waals surface area contributed by atoms with Gasteiger partial charge in [-0.1, -0.05) is 6.07 Å². The normalized spacial score (nSPS) is 14.4. The Kier molecular flexibility index (Phi) is 5.32. The number of fused-ring (bicyclic) bond motifs is 4. The molecule has 11 nitrogen and oxygen atoms in total. The van der Waals surface area contributed by atoms with Gasteiger partial charge in [-0.2, -0.15) is 5.10 Å². The van der Waals surface area contributed by atoms with Crippen molar-refractivity contribution in [1.82, 2.24) is 39.6 Å². The van der Waals surface area contributed by atoms with Gasteiger partial charge in [-0.3, -0.25) is 9.78 Å². The van der Waals surface area contributed by atoms with E-state index >= 15 is 0 Å². The van der Waals surface area contributed by atoms with E-state index in [1.165, 1.54) is 0 Å². The molecule has 6 rings (SSSR count). The number of benzene rings is 1. The van der Waals surface area contributed by atoms with Crippen LogP contribution in [0.1, 0.15) is 53.5 Å². The van der Waals surface area contributed by atoms with E-state index in [2.05, 4.69) is 20.3 Å². The Bertz CT molecular complexity index is 1570. The minimum absolute atomic E-state index is 0.195. The van der Waals surface area contributed by atoms with E-state index in [1.54, 1.807) is 15.5 Å². The fourth-order valence-corrected chi connectivity index (χ4v) is 4.69. The Morgan fingerprint density at radius 3 is 2.69 bits per heavy atom. The number of aromatic nitrogens is 8. The van der Waals surface area contributed by atoms with Crippen molar-refractivity contribution in [1.29, 1.82) is 0 Å². The van der Waals surface area contributed by atoms with Crippen molar-refractivity contribution in [3.8, 4) is 23.3 Å². The Morgan fingerprint density at radius 1 is 1.08 bits per heavy atom. The molecule has 0 bridgehead atoms. The molecule has 0 aliphatic carbocycles. The first kappa shape index (κ1) is 22.1. The molecule has 1 atom stereocenters. The summed E-state index contributed by atoms with van der Waals surface area (Å²) >= 11 is 0. The molecule has 1 aromatic carbocycles. The number of rotatable bonds is 7. The fraction of sp³-hybridized carbons (Fsp3) is 0.320. The van der Waals surface area contributed by atoms with Crippen LogP contribution >= 0.6 is 0 Å². The molecule has 1 aliphatic rings. The number of aryl methyl sites for hydroxylation is 2. The second-order valence-corrected chi connectivity index (χ2v) is 8.63. The van der Waals surface area contributed by atoms with Gasteiger partial charge in [0.1, 0.15) is 6.33 Å². The quantitative estimate of drug-likeness (QED) is 0.364. The van der Waals surface area contributed by atoms with Crippen molar-refractivity contribution in [2.75, 3.05) is 13.2 Å². The van der Waals surface area contributed by atoms with E-state index < -0.39 is 0 Å². The van der Waals surface area contributed by atoms with Crippen LogP contribution in [0.5, 0.6) is 23.3 Å². The van der Waals surface area contributed by atoms with Crippen molar-refractivity contribution in [3.63, 3.8) is 0 Å². The van der Waals surface area contributed by atoms with E-state index in [-0.39, 0.29) is 5.92 Å². The zero-order valence-electron chi connectivity index (χ0n) is 20.5. The van der Waals surface area contributed by atoms with Crippen molar-refractivity contribution in [2.45, 2.75) is 33.1 Å². The summed E-state index contributed by atoms with van der Waals surface area (Å²) in [5.74, 6) is 2.90. The highest BCUT2D eigenvalue weighted by Crippen LogP contribution is 2.47. The molecule has 4 aromatic heterocycles. The standard InChI is InChI=1S/C25H26N8O3/c1-5-34-17-8-7-15(9-18(17)35-6-2)10-19-28-23-22-21(16-11-27-32(4)12-16)20-14(3)29-30-25(20)36-24(22)26-13-33(23)31-19/h7-9,11-13,21H,5-6,10H2,1-4H3,(H,29,30)/t21-/m0/s1. The first-order valence-electron chi connectivity index (χ1n) is 11.9. The summed E-state index contributed by atoms with van der Waals surface area (Å²) in [6.07, 6.45) is 5.99. The second-order valence-electron chi connectivity index (χ2n) is 8.63. The highest BCUT2D eigenvalue weighted by Gasteiger charge is 2.37. The molecular weight excluding hydrogens is 460 g/mol. The maximum absolute atomic E-state index is 6.08. The average molecular weight is 487 g/mol. The minimum Gasteiger partial charge on any atom is -0.490 e. The third-order valence-electron chi connectivity index (χ3n) is 6.19. The first-order valence-corrected chi connectivity index (χ1v) is 11.9. The van der Waals surface area contributed by atoms with Gasteiger partial charge in [-0.25, -0.2) is 14.5 Å². The zero-order chi connectivity index (χ0) is 24.8. The van der Waals surface area contributed by atoms with Crippen LogP contribution < -0.4 is 14.2 Å². The molecule has 0 radical (unpaired) electrons.